The number of rotatable bonds is 8. The molecule has 2 aromatic heterocycles. The van der Waals surface area contributed by atoms with Crippen molar-refractivity contribution in [3.8, 4) is 11.5 Å². The molecule has 1 fully saturated rings. The van der Waals surface area contributed by atoms with Gasteiger partial charge in [0.1, 0.15) is 12.9 Å². The monoisotopic (exact) mass is 448 g/mol. The van der Waals surface area contributed by atoms with Crippen molar-refractivity contribution in [2.45, 2.75) is 5.03 Å². The maximum atomic E-state index is 12.7. The number of ether oxygens (including phenoxy) is 3. The number of benzene rings is 1. The predicted molar refractivity (Wildman–Crippen MR) is 113 cm³/mol. The zero-order valence-corrected chi connectivity index (χ0v) is 18.1. The summed E-state index contributed by atoms with van der Waals surface area (Å²) in [6.45, 7) is 4.47. The molecule has 31 heavy (non-hydrogen) atoms. The molecule has 0 amide bonds. The van der Waals surface area contributed by atoms with Crippen LogP contribution in [0.25, 0.3) is 10.9 Å². The van der Waals surface area contributed by atoms with Crippen LogP contribution in [0.1, 0.15) is 0 Å². The van der Waals surface area contributed by atoms with Crippen LogP contribution in [0.4, 0.5) is 5.82 Å². The van der Waals surface area contributed by atoms with Crippen molar-refractivity contribution < 1.29 is 22.6 Å². The first-order valence-corrected chi connectivity index (χ1v) is 11.2. The normalized spacial score (nSPS) is 15.2. The van der Waals surface area contributed by atoms with Gasteiger partial charge in [-0.15, -0.1) is 0 Å². The number of aromatic nitrogens is 4. The van der Waals surface area contributed by atoms with Crippen molar-refractivity contribution in [1.82, 2.24) is 24.4 Å². The Morgan fingerprint density at radius 2 is 1.97 bits per heavy atom. The molecule has 166 valence electrons. The van der Waals surface area contributed by atoms with Gasteiger partial charge >= 0.3 is 0 Å². The predicted octanol–water partition coefficient (Wildman–Crippen LogP) is 0.884. The molecule has 4 rings (SSSR count). The first-order valence-electron chi connectivity index (χ1n) is 9.73. The van der Waals surface area contributed by atoms with E-state index in [0.717, 1.165) is 32.8 Å². The van der Waals surface area contributed by atoms with Crippen molar-refractivity contribution in [3.63, 3.8) is 0 Å². The van der Waals surface area contributed by atoms with Crippen molar-refractivity contribution >= 4 is 26.7 Å². The molecule has 1 aromatic carbocycles. The number of anilines is 1. The second-order valence-electron chi connectivity index (χ2n) is 7.03. The highest BCUT2D eigenvalue weighted by Gasteiger charge is 2.20. The summed E-state index contributed by atoms with van der Waals surface area (Å²) in [5, 5.41) is 0.385. The molecule has 0 saturated carbocycles. The number of methoxy groups -OCH3 is 1. The van der Waals surface area contributed by atoms with E-state index in [2.05, 4.69) is 24.6 Å². The molecule has 1 N–H and O–H groups in total. The van der Waals surface area contributed by atoms with E-state index in [0.29, 0.717) is 29.0 Å². The van der Waals surface area contributed by atoms with Crippen LogP contribution in [0.5, 0.6) is 11.5 Å². The Kier molecular flexibility index (Phi) is 6.20. The largest absolute Gasteiger partial charge is 0.493 e. The van der Waals surface area contributed by atoms with Gasteiger partial charge in [-0.2, -0.15) is 8.42 Å². The molecule has 1 aliphatic heterocycles. The van der Waals surface area contributed by atoms with Crippen molar-refractivity contribution in [2.75, 3.05) is 51.3 Å². The van der Waals surface area contributed by atoms with E-state index >= 15 is 0 Å². The van der Waals surface area contributed by atoms with E-state index in [1.165, 1.54) is 26.0 Å². The first-order chi connectivity index (χ1) is 15.0. The van der Waals surface area contributed by atoms with Gasteiger partial charge in [-0.05, 0) is 6.07 Å². The Bertz CT molecular complexity index is 1160. The van der Waals surface area contributed by atoms with E-state index in [-0.39, 0.29) is 10.8 Å². The van der Waals surface area contributed by atoms with Crippen LogP contribution in [-0.2, 0) is 21.8 Å². The molecule has 3 aromatic rings. The number of sulfonamides is 1. The number of aryl methyl sites for hydroxylation is 1. The molecule has 0 radical (unpaired) electrons. The maximum Gasteiger partial charge on any atom is 0.282 e. The Balaban J connectivity index is 1.56. The van der Waals surface area contributed by atoms with Crippen LogP contribution in [0.15, 0.2) is 36.0 Å². The molecular weight excluding hydrogens is 424 g/mol. The van der Waals surface area contributed by atoms with Gasteiger partial charge in [0.15, 0.2) is 22.3 Å². The lowest BCUT2D eigenvalue weighted by atomic mass is 10.2. The Hall–Kier alpha value is -2.96. The molecule has 3 heterocycles. The van der Waals surface area contributed by atoms with Gasteiger partial charge in [0.2, 0.25) is 0 Å². The van der Waals surface area contributed by atoms with Crippen molar-refractivity contribution in [2.24, 2.45) is 7.05 Å². The minimum absolute atomic E-state index is 0.100. The van der Waals surface area contributed by atoms with E-state index in [1.54, 1.807) is 23.7 Å². The highest BCUT2D eigenvalue weighted by molar-refractivity contribution is 7.92. The van der Waals surface area contributed by atoms with Gasteiger partial charge in [0, 0.05) is 44.3 Å². The third kappa shape index (κ3) is 4.86. The lowest BCUT2D eigenvalue weighted by Crippen LogP contribution is -2.38. The highest BCUT2D eigenvalue weighted by Crippen LogP contribution is 2.34. The summed E-state index contributed by atoms with van der Waals surface area (Å²) >= 11 is 0. The third-order valence-corrected chi connectivity index (χ3v) is 6.10. The zero-order valence-electron chi connectivity index (χ0n) is 17.3. The number of fused-ring (bicyclic) bond motifs is 1. The minimum Gasteiger partial charge on any atom is -0.493 e. The molecule has 0 bridgehead atoms. The van der Waals surface area contributed by atoms with E-state index in [4.69, 9.17) is 14.2 Å². The third-order valence-electron chi connectivity index (χ3n) is 4.88. The van der Waals surface area contributed by atoms with Crippen LogP contribution in [0.2, 0.25) is 0 Å². The van der Waals surface area contributed by atoms with Crippen LogP contribution in [0, 0.1) is 0 Å². The number of nitrogens with zero attached hydrogens (tertiary/aromatic N) is 5. The molecule has 0 aliphatic carbocycles. The van der Waals surface area contributed by atoms with Crippen molar-refractivity contribution in [3.05, 3.63) is 31.0 Å². The number of imidazole rings is 1. The maximum absolute atomic E-state index is 12.7. The fourth-order valence-electron chi connectivity index (χ4n) is 3.23. The van der Waals surface area contributed by atoms with E-state index in [1.807, 2.05) is 0 Å². The second kappa shape index (κ2) is 9.04. The van der Waals surface area contributed by atoms with Crippen molar-refractivity contribution in [1.29, 1.82) is 0 Å². The van der Waals surface area contributed by atoms with Gasteiger partial charge in [-0.1, -0.05) is 0 Å². The summed E-state index contributed by atoms with van der Waals surface area (Å²) in [7, 11) is -0.683. The van der Waals surface area contributed by atoms with Gasteiger partial charge < -0.3 is 18.8 Å². The zero-order chi connectivity index (χ0) is 21.8. The molecule has 0 spiro atoms. The van der Waals surface area contributed by atoms with E-state index < -0.39 is 10.0 Å². The Morgan fingerprint density at radius 1 is 1.16 bits per heavy atom. The fourth-order valence-corrected chi connectivity index (χ4v) is 4.25. The second-order valence-corrected chi connectivity index (χ2v) is 8.66. The molecule has 0 unspecified atom stereocenters. The number of hydrogen-bond acceptors (Lipinski definition) is 9. The highest BCUT2D eigenvalue weighted by atomic mass is 32.2. The molecule has 0 atom stereocenters. The topological polar surface area (TPSA) is 121 Å². The quantitative estimate of drug-likeness (QED) is 0.535. The van der Waals surface area contributed by atoms with Crippen LogP contribution >= 0.6 is 0 Å². The van der Waals surface area contributed by atoms with Gasteiger partial charge in [-0.3, -0.25) is 9.62 Å². The van der Waals surface area contributed by atoms with E-state index in [9.17, 15) is 8.42 Å². The lowest BCUT2D eigenvalue weighted by Gasteiger charge is -2.26. The number of hydrogen-bond donors (Lipinski definition) is 1. The number of morpholine rings is 1. The molecule has 11 nitrogen and oxygen atoms in total. The van der Waals surface area contributed by atoms with Crippen LogP contribution in [0.3, 0.4) is 0 Å². The van der Waals surface area contributed by atoms with Crippen LogP contribution < -0.4 is 14.2 Å². The standard InChI is InChI=1S/C19H24N6O5S/c1-24-11-18(22-13-24)31(26,27)23-19-14-9-16(28-2)17(10-15(14)20-12-21-19)30-8-5-25-3-6-29-7-4-25/h9-13H,3-8H2,1-2H3,(H,20,21,23). The average Bonchev–Trinajstić information content (AvgIpc) is 3.21. The Labute approximate surface area is 180 Å². The summed E-state index contributed by atoms with van der Waals surface area (Å²) in [5.74, 6) is 1.12. The van der Waals surface area contributed by atoms with Gasteiger partial charge in [-0.25, -0.2) is 15.0 Å². The SMILES string of the molecule is COc1cc2c(NS(=O)(=O)c3cn(C)cn3)ncnc2cc1OCCN1CCOCC1. The van der Waals surface area contributed by atoms with Gasteiger partial charge in [0.05, 0.1) is 32.2 Å². The van der Waals surface area contributed by atoms with Crippen LogP contribution in [-0.4, -0.2) is 79.4 Å². The summed E-state index contributed by atoms with van der Waals surface area (Å²) in [6.07, 6.45) is 4.12. The Morgan fingerprint density at radius 3 is 2.68 bits per heavy atom. The molecule has 1 saturated heterocycles. The minimum atomic E-state index is -3.90. The molecule has 1 aliphatic rings. The fraction of sp³-hybridized carbons (Fsp3) is 0.421. The summed E-state index contributed by atoms with van der Waals surface area (Å²) < 4.78 is 46.1. The lowest BCUT2D eigenvalue weighted by molar-refractivity contribution is 0.0321. The average molecular weight is 449 g/mol. The summed E-state index contributed by atoms with van der Waals surface area (Å²) in [4.78, 5) is 14.5. The molecular formula is C19H24N6O5S. The smallest absolute Gasteiger partial charge is 0.282 e. The summed E-state index contributed by atoms with van der Waals surface area (Å²) in [5.41, 5.74) is 0.524. The first kappa shape index (κ1) is 21.3. The molecule has 12 heteroatoms. The number of nitrogens with one attached hydrogen (secondary N) is 1. The van der Waals surface area contributed by atoms with Gasteiger partial charge in [0.25, 0.3) is 10.0 Å². The summed E-state index contributed by atoms with van der Waals surface area (Å²) in [6, 6.07) is 3.38.